The Morgan fingerprint density at radius 1 is 1.29 bits per heavy atom. The molecule has 2 N–H and O–H groups in total. The number of aromatic nitrogens is 1. The first-order chi connectivity index (χ1) is 11.3. The molecule has 1 amide bonds. The van der Waals surface area contributed by atoms with Gasteiger partial charge in [-0.25, -0.2) is 9.59 Å². The van der Waals surface area contributed by atoms with E-state index in [1.165, 1.54) is 0 Å². The number of halogens is 1. The highest BCUT2D eigenvalue weighted by Gasteiger charge is 2.26. The Labute approximate surface area is 145 Å². The number of rotatable bonds is 5. The second kappa shape index (κ2) is 7.57. The molecule has 7 heteroatoms. The molecule has 130 valence electrons. The van der Waals surface area contributed by atoms with Crippen LogP contribution in [-0.2, 0) is 20.7 Å². The number of fused-ring (bicyclic) bond motifs is 1. The van der Waals surface area contributed by atoms with Crippen molar-refractivity contribution in [3.63, 3.8) is 0 Å². The molecule has 0 fully saturated rings. The van der Waals surface area contributed by atoms with Gasteiger partial charge in [-0.15, -0.1) is 0 Å². The molecule has 24 heavy (non-hydrogen) atoms. The van der Waals surface area contributed by atoms with Crippen molar-refractivity contribution in [2.24, 2.45) is 0 Å². The maximum atomic E-state index is 12.1. The third-order valence-corrected chi connectivity index (χ3v) is 3.38. The monoisotopic (exact) mass is 352 g/mol. The van der Waals surface area contributed by atoms with Gasteiger partial charge in [-0.1, -0.05) is 29.8 Å². The summed E-state index contributed by atoms with van der Waals surface area (Å²) in [6.07, 6.45) is 1.39. The van der Waals surface area contributed by atoms with Crippen LogP contribution in [0.1, 0.15) is 26.3 Å². The Bertz CT molecular complexity index is 721. The lowest BCUT2D eigenvalue weighted by molar-refractivity contribution is -0.144. The van der Waals surface area contributed by atoms with E-state index in [9.17, 15) is 9.59 Å². The highest BCUT2D eigenvalue weighted by Crippen LogP contribution is 2.19. The summed E-state index contributed by atoms with van der Waals surface area (Å²) < 4.78 is 10.0. The van der Waals surface area contributed by atoms with Crippen molar-refractivity contribution in [2.75, 3.05) is 6.07 Å². The summed E-state index contributed by atoms with van der Waals surface area (Å²) in [7, 11) is 0. The zero-order chi connectivity index (χ0) is 17.7. The van der Waals surface area contributed by atoms with Gasteiger partial charge in [0.2, 0.25) is 0 Å². The molecule has 2 rings (SSSR count). The number of esters is 1. The van der Waals surface area contributed by atoms with Crippen LogP contribution in [0, 0.1) is 0 Å². The van der Waals surface area contributed by atoms with Gasteiger partial charge in [0.1, 0.15) is 11.6 Å². The number of H-pyrrole nitrogens is 1. The third kappa shape index (κ3) is 4.89. The van der Waals surface area contributed by atoms with Crippen molar-refractivity contribution in [1.82, 2.24) is 10.3 Å². The number of hydrogen-bond acceptors (Lipinski definition) is 4. The van der Waals surface area contributed by atoms with E-state index in [1.54, 1.807) is 20.8 Å². The Kier molecular flexibility index (Phi) is 5.72. The van der Waals surface area contributed by atoms with E-state index < -0.39 is 23.7 Å². The van der Waals surface area contributed by atoms with Crippen LogP contribution in [0.3, 0.4) is 0 Å². The largest absolute Gasteiger partial charge is 0.448 e. The van der Waals surface area contributed by atoms with Crippen LogP contribution < -0.4 is 5.32 Å². The lowest BCUT2D eigenvalue weighted by Crippen LogP contribution is -2.45. The van der Waals surface area contributed by atoms with E-state index in [1.807, 2.05) is 30.5 Å². The SMILES string of the molecule is CC(C)(C)OC(=O)NC(Cc1c[nH]c2ccccc12)C(=O)OCCl. The van der Waals surface area contributed by atoms with Gasteiger partial charge >= 0.3 is 12.1 Å². The number of carbonyl (C=O) groups is 2. The first-order valence-corrected chi connectivity index (χ1v) is 8.10. The number of nitrogens with one attached hydrogen (secondary N) is 2. The van der Waals surface area contributed by atoms with Gasteiger partial charge in [0.15, 0.2) is 6.07 Å². The molecule has 0 aliphatic carbocycles. The van der Waals surface area contributed by atoms with Crippen molar-refractivity contribution in [2.45, 2.75) is 38.8 Å². The minimum absolute atomic E-state index is 0.263. The maximum absolute atomic E-state index is 12.1. The molecule has 0 aliphatic heterocycles. The number of benzene rings is 1. The van der Waals surface area contributed by atoms with Crippen LogP contribution in [0.15, 0.2) is 30.5 Å². The number of para-hydroxylation sites is 1. The molecule has 1 aromatic carbocycles. The lowest BCUT2D eigenvalue weighted by atomic mass is 10.1. The van der Waals surface area contributed by atoms with Gasteiger partial charge in [0, 0.05) is 23.5 Å². The van der Waals surface area contributed by atoms with E-state index in [0.717, 1.165) is 16.5 Å². The number of amides is 1. The van der Waals surface area contributed by atoms with Crippen molar-refractivity contribution in [3.05, 3.63) is 36.0 Å². The molecule has 1 heterocycles. The fraction of sp³-hybridized carbons (Fsp3) is 0.412. The molecule has 0 aliphatic rings. The first kappa shape index (κ1) is 18.1. The number of alkyl carbamates (subject to hydrolysis) is 1. The van der Waals surface area contributed by atoms with Gasteiger partial charge in [0.05, 0.1) is 0 Å². The molecule has 2 aromatic rings. The Balaban J connectivity index is 2.17. The maximum Gasteiger partial charge on any atom is 0.408 e. The van der Waals surface area contributed by atoms with Crippen LogP contribution >= 0.6 is 11.6 Å². The summed E-state index contributed by atoms with van der Waals surface area (Å²) in [6, 6.07) is 6.54. The van der Waals surface area contributed by atoms with E-state index in [4.69, 9.17) is 21.1 Å². The van der Waals surface area contributed by atoms with Crippen LogP contribution in [-0.4, -0.2) is 34.8 Å². The Morgan fingerprint density at radius 2 is 2.00 bits per heavy atom. The van der Waals surface area contributed by atoms with Crippen molar-refractivity contribution < 1.29 is 19.1 Å². The average Bonchev–Trinajstić information content (AvgIpc) is 2.88. The van der Waals surface area contributed by atoms with Gasteiger partial charge in [0.25, 0.3) is 0 Å². The quantitative estimate of drug-likeness (QED) is 0.638. The minimum atomic E-state index is -0.891. The van der Waals surface area contributed by atoms with Crippen LogP contribution in [0.25, 0.3) is 10.9 Å². The number of carbonyl (C=O) groups excluding carboxylic acids is 2. The molecule has 1 atom stereocenters. The predicted molar refractivity (Wildman–Crippen MR) is 92.0 cm³/mol. The van der Waals surface area contributed by atoms with E-state index in [-0.39, 0.29) is 12.5 Å². The van der Waals surface area contributed by atoms with E-state index in [2.05, 4.69) is 10.3 Å². The summed E-state index contributed by atoms with van der Waals surface area (Å²) in [4.78, 5) is 27.2. The molecule has 0 saturated carbocycles. The zero-order valence-corrected chi connectivity index (χ0v) is 14.6. The molecule has 0 spiro atoms. The molecule has 0 radical (unpaired) electrons. The highest BCUT2D eigenvalue weighted by atomic mass is 35.5. The smallest absolute Gasteiger partial charge is 0.408 e. The number of hydrogen-bond donors (Lipinski definition) is 2. The topological polar surface area (TPSA) is 80.4 Å². The van der Waals surface area contributed by atoms with Gasteiger partial charge in [-0.3, -0.25) is 0 Å². The van der Waals surface area contributed by atoms with Crippen LogP contribution in [0.2, 0.25) is 0 Å². The molecule has 0 bridgehead atoms. The lowest BCUT2D eigenvalue weighted by Gasteiger charge is -2.22. The molecule has 1 aromatic heterocycles. The summed E-state index contributed by atoms with van der Waals surface area (Å²) in [5, 5.41) is 3.53. The third-order valence-electron chi connectivity index (χ3n) is 3.27. The second-order valence-corrected chi connectivity index (χ2v) is 6.55. The Morgan fingerprint density at radius 3 is 2.67 bits per heavy atom. The number of ether oxygens (including phenoxy) is 2. The first-order valence-electron chi connectivity index (χ1n) is 7.57. The summed E-state index contributed by atoms with van der Waals surface area (Å²) in [5.41, 5.74) is 1.18. The zero-order valence-electron chi connectivity index (χ0n) is 13.9. The van der Waals surface area contributed by atoms with Crippen molar-refractivity contribution in [3.8, 4) is 0 Å². The molecule has 0 saturated heterocycles. The standard InChI is InChI=1S/C17H21ClN2O4/c1-17(2,3)24-16(22)20-14(15(21)23-10-18)8-11-9-19-13-7-5-4-6-12(11)13/h4-7,9,14,19H,8,10H2,1-3H3,(H,20,22). The summed E-state index contributed by atoms with van der Waals surface area (Å²) >= 11 is 5.47. The summed E-state index contributed by atoms with van der Waals surface area (Å²) in [6.45, 7) is 5.25. The molecule has 1 unspecified atom stereocenters. The minimum Gasteiger partial charge on any atom is -0.448 e. The van der Waals surface area contributed by atoms with Gasteiger partial charge < -0.3 is 19.8 Å². The fourth-order valence-corrected chi connectivity index (χ4v) is 2.43. The van der Waals surface area contributed by atoms with E-state index >= 15 is 0 Å². The molecular weight excluding hydrogens is 332 g/mol. The van der Waals surface area contributed by atoms with Gasteiger partial charge in [-0.2, -0.15) is 0 Å². The van der Waals surface area contributed by atoms with Crippen LogP contribution in [0.4, 0.5) is 4.79 Å². The molecule has 6 nitrogen and oxygen atoms in total. The second-order valence-electron chi connectivity index (χ2n) is 6.33. The summed E-state index contributed by atoms with van der Waals surface area (Å²) in [5.74, 6) is -0.610. The normalized spacial score (nSPS) is 12.7. The van der Waals surface area contributed by atoms with E-state index in [0.29, 0.717) is 0 Å². The fourth-order valence-electron chi connectivity index (χ4n) is 2.32. The Hall–Kier alpha value is -2.21. The number of alkyl halides is 1. The predicted octanol–water partition coefficient (Wildman–Crippen LogP) is 3.34. The van der Waals surface area contributed by atoms with Gasteiger partial charge in [-0.05, 0) is 32.4 Å². The van der Waals surface area contributed by atoms with Crippen molar-refractivity contribution >= 4 is 34.6 Å². The molecular formula is C17H21ClN2O4. The highest BCUT2D eigenvalue weighted by molar-refractivity contribution is 6.17. The average molecular weight is 353 g/mol. The van der Waals surface area contributed by atoms with Crippen LogP contribution in [0.5, 0.6) is 0 Å². The number of aromatic amines is 1. The van der Waals surface area contributed by atoms with Crippen molar-refractivity contribution in [1.29, 1.82) is 0 Å².